The quantitative estimate of drug-likeness (QED) is 0.277. The van der Waals surface area contributed by atoms with Crippen molar-refractivity contribution in [2.24, 2.45) is 23.7 Å². The Bertz CT molecular complexity index is 810. The lowest BCUT2D eigenvalue weighted by atomic mass is 9.73. The van der Waals surface area contributed by atoms with Crippen LogP contribution < -0.4 is 16.1 Å². The summed E-state index contributed by atoms with van der Waals surface area (Å²) in [5.41, 5.74) is 4.48. The Morgan fingerprint density at radius 1 is 1.11 bits per heavy atom. The van der Waals surface area contributed by atoms with Crippen molar-refractivity contribution in [1.29, 1.82) is 0 Å². The number of ether oxygens (including phenoxy) is 1. The van der Waals surface area contributed by atoms with Crippen molar-refractivity contribution >= 4 is 23.4 Å². The third-order valence-electron chi connectivity index (χ3n) is 11.0. The van der Waals surface area contributed by atoms with Gasteiger partial charge in [0.05, 0.1) is 31.0 Å². The predicted octanol–water partition coefficient (Wildman–Crippen LogP) is 3.91. The van der Waals surface area contributed by atoms with E-state index in [1.807, 2.05) is 0 Å². The molecule has 0 amide bonds. The van der Waals surface area contributed by atoms with Gasteiger partial charge in [0.15, 0.2) is 0 Å². The van der Waals surface area contributed by atoms with Crippen LogP contribution in [-0.4, -0.2) is 75.7 Å². The number of halogens is 1. The van der Waals surface area contributed by atoms with E-state index < -0.39 is 0 Å². The van der Waals surface area contributed by atoms with Gasteiger partial charge >= 0.3 is 0 Å². The van der Waals surface area contributed by atoms with Gasteiger partial charge in [-0.1, -0.05) is 12.8 Å². The van der Waals surface area contributed by atoms with Crippen molar-refractivity contribution in [1.82, 2.24) is 26.0 Å². The van der Waals surface area contributed by atoms with Crippen molar-refractivity contribution in [3.8, 4) is 0 Å². The van der Waals surface area contributed by atoms with Gasteiger partial charge in [-0.15, -0.1) is 23.4 Å². The highest BCUT2D eigenvalue weighted by molar-refractivity contribution is 8.00. The summed E-state index contributed by atoms with van der Waals surface area (Å²) in [4.78, 5) is 2.88. The van der Waals surface area contributed by atoms with Gasteiger partial charge in [-0.25, -0.2) is 10.4 Å². The highest BCUT2D eigenvalue weighted by Crippen LogP contribution is 2.61. The fraction of sp³-hybridized carbons (Fsp3) is 1.00. The first kappa shape index (κ1) is 24.4. The fourth-order valence-electron chi connectivity index (χ4n) is 8.37. The molecule has 3 N–H and O–H groups in total. The molecule has 198 valence electrons. The Labute approximate surface area is 221 Å². The molecule has 9 unspecified atom stereocenters. The second-order valence-electron chi connectivity index (χ2n) is 13.4. The van der Waals surface area contributed by atoms with Crippen LogP contribution in [0.3, 0.4) is 0 Å². The molecule has 3 aliphatic heterocycles. The summed E-state index contributed by atoms with van der Waals surface area (Å²) in [6.07, 6.45) is 13.8. The molecule has 7 rings (SSSR count). The number of hydrogen-bond donors (Lipinski definition) is 3. The lowest BCUT2D eigenvalue weighted by Crippen LogP contribution is -2.57. The van der Waals surface area contributed by atoms with Gasteiger partial charge in [-0.2, -0.15) is 0 Å². The molecular formula is C27H46ClN5OS. The van der Waals surface area contributed by atoms with Gasteiger partial charge in [-0.05, 0) is 83.0 Å². The average Bonchev–Trinajstić information content (AvgIpc) is 3.67. The molecule has 8 heteroatoms. The molecule has 7 fully saturated rings. The lowest BCUT2D eigenvalue weighted by molar-refractivity contribution is 0.0686. The zero-order valence-electron chi connectivity index (χ0n) is 21.8. The highest BCUT2D eigenvalue weighted by Gasteiger charge is 2.66. The molecule has 10 atom stereocenters. The van der Waals surface area contributed by atoms with E-state index in [1.165, 1.54) is 64.2 Å². The topological polar surface area (TPSA) is 51.8 Å². The molecule has 35 heavy (non-hydrogen) atoms. The Morgan fingerprint density at radius 3 is 2.66 bits per heavy atom. The van der Waals surface area contributed by atoms with Crippen molar-refractivity contribution in [2.75, 3.05) is 20.4 Å². The molecule has 3 heterocycles. The molecule has 3 saturated heterocycles. The minimum Gasteiger partial charge on any atom is -0.366 e. The SMILES string of the molecule is CC1N(C)NC2N1C1SC3C[C@@H](COCNC4(C)CC4)CC3C1C(C1CCCCC1Cl)NC21CC1. The van der Waals surface area contributed by atoms with E-state index in [0.29, 0.717) is 52.4 Å². The second kappa shape index (κ2) is 8.97. The van der Waals surface area contributed by atoms with Crippen LogP contribution in [0.15, 0.2) is 0 Å². The lowest BCUT2D eigenvalue weighted by Gasteiger charge is -2.42. The van der Waals surface area contributed by atoms with Crippen LogP contribution in [0.25, 0.3) is 0 Å². The van der Waals surface area contributed by atoms with E-state index in [-0.39, 0.29) is 5.54 Å². The van der Waals surface area contributed by atoms with Crippen molar-refractivity contribution < 1.29 is 4.74 Å². The third-order valence-corrected chi connectivity index (χ3v) is 13.3. The Hall–Kier alpha value is 0.400. The highest BCUT2D eigenvalue weighted by atomic mass is 35.5. The molecule has 7 aliphatic rings. The van der Waals surface area contributed by atoms with E-state index in [0.717, 1.165) is 24.5 Å². The number of hydrogen-bond acceptors (Lipinski definition) is 7. The molecule has 0 aromatic heterocycles. The van der Waals surface area contributed by atoms with Crippen molar-refractivity contribution in [2.45, 2.75) is 124 Å². The molecule has 6 nitrogen and oxygen atoms in total. The van der Waals surface area contributed by atoms with Crippen LogP contribution in [-0.2, 0) is 4.74 Å². The van der Waals surface area contributed by atoms with Crippen molar-refractivity contribution in [3.05, 3.63) is 0 Å². The first-order valence-corrected chi connectivity index (χ1v) is 15.9. The maximum absolute atomic E-state index is 7.13. The molecule has 0 aromatic rings. The number of rotatable bonds is 6. The van der Waals surface area contributed by atoms with E-state index in [4.69, 9.17) is 16.3 Å². The third kappa shape index (κ3) is 4.23. The molecular weight excluding hydrogens is 478 g/mol. The predicted molar refractivity (Wildman–Crippen MR) is 143 cm³/mol. The van der Waals surface area contributed by atoms with Crippen LogP contribution >= 0.6 is 23.4 Å². The smallest absolute Gasteiger partial charge is 0.0969 e. The largest absolute Gasteiger partial charge is 0.366 e. The molecule has 0 aromatic carbocycles. The van der Waals surface area contributed by atoms with Gasteiger partial charge in [0.2, 0.25) is 0 Å². The number of alkyl halides is 1. The molecule has 1 spiro atoms. The zero-order valence-corrected chi connectivity index (χ0v) is 23.4. The summed E-state index contributed by atoms with van der Waals surface area (Å²) < 4.78 is 6.18. The van der Waals surface area contributed by atoms with Gasteiger partial charge < -0.3 is 10.1 Å². The number of hydrazine groups is 1. The Balaban J connectivity index is 1.12. The van der Waals surface area contributed by atoms with Gasteiger partial charge in [0.1, 0.15) is 0 Å². The van der Waals surface area contributed by atoms with Gasteiger partial charge in [0.25, 0.3) is 0 Å². The minimum atomic E-state index is 0.226. The molecule has 0 bridgehead atoms. The van der Waals surface area contributed by atoms with Crippen LogP contribution in [0, 0.1) is 23.7 Å². The molecule has 0 radical (unpaired) electrons. The Morgan fingerprint density at radius 2 is 1.91 bits per heavy atom. The van der Waals surface area contributed by atoms with Crippen LogP contribution in [0.1, 0.15) is 78.1 Å². The average molecular weight is 524 g/mol. The summed E-state index contributed by atoms with van der Waals surface area (Å²) in [5.74, 6) is 2.78. The zero-order chi connectivity index (χ0) is 23.9. The van der Waals surface area contributed by atoms with Crippen LogP contribution in [0.4, 0.5) is 0 Å². The fourth-order valence-corrected chi connectivity index (χ4v) is 11.0. The number of nitrogens with zero attached hydrogens (tertiary/aromatic N) is 2. The summed E-state index contributed by atoms with van der Waals surface area (Å²) in [6, 6.07) is 0.550. The van der Waals surface area contributed by atoms with E-state index in [9.17, 15) is 0 Å². The number of fused-ring (bicyclic) bond motifs is 6. The standard InChI is InChI=1S/C27H46ClN5OS/c1-16-32(3)31-25-27(10-11-27)30-23(18-6-4-5-7-20(18)28)22-19-12-17(13-21(19)35-24(22)33(16)25)14-34-15-29-26(2)8-9-26/h16-25,29-31H,4-15H2,1-3H3/t16?,17-,18?,19?,20?,21?,22?,23?,24?,25?/m0/s1. The Kier molecular flexibility index (Phi) is 6.27. The van der Waals surface area contributed by atoms with E-state index in [2.05, 4.69) is 58.6 Å². The summed E-state index contributed by atoms with van der Waals surface area (Å²) >= 11 is 9.45. The normalized spacial score (nSPS) is 50.1. The molecule has 4 aliphatic carbocycles. The van der Waals surface area contributed by atoms with E-state index in [1.54, 1.807) is 0 Å². The number of thioether (sulfide) groups is 1. The monoisotopic (exact) mass is 523 g/mol. The summed E-state index contributed by atoms with van der Waals surface area (Å²) in [6.45, 7) is 6.36. The van der Waals surface area contributed by atoms with Gasteiger partial charge in [0, 0.05) is 40.7 Å². The molecule has 4 saturated carbocycles. The van der Waals surface area contributed by atoms with Gasteiger partial charge in [-0.3, -0.25) is 10.2 Å². The van der Waals surface area contributed by atoms with Crippen molar-refractivity contribution in [3.63, 3.8) is 0 Å². The maximum atomic E-state index is 7.13. The summed E-state index contributed by atoms with van der Waals surface area (Å²) in [7, 11) is 2.24. The first-order chi connectivity index (χ1) is 16.9. The van der Waals surface area contributed by atoms with Crippen LogP contribution in [0.2, 0.25) is 0 Å². The number of nitrogens with one attached hydrogen (secondary N) is 3. The minimum absolute atomic E-state index is 0.226. The first-order valence-electron chi connectivity index (χ1n) is 14.5. The van der Waals surface area contributed by atoms with E-state index >= 15 is 0 Å². The second-order valence-corrected chi connectivity index (χ2v) is 15.3. The van der Waals surface area contributed by atoms with Crippen LogP contribution in [0.5, 0.6) is 0 Å². The summed E-state index contributed by atoms with van der Waals surface area (Å²) in [5, 5.41) is 12.0. The maximum Gasteiger partial charge on any atom is 0.0969 e.